The van der Waals surface area contributed by atoms with E-state index in [-0.39, 0.29) is 35.7 Å². The van der Waals surface area contributed by atoms with Gasteiger partial charge in [-0.2, -0.15) is 0 Å². The van der Waals surface area contributed by atoms with Gasteiger partial charge in [0.05, 0.1) is 0 Å². The summed E-state index contributed by atoms with van der Waals surface area (Å²) in [5.74, 6) is -2.48. The van der Waals surface area contributed by atoms with Gasteiger partial charge in [-0.05, 0) is 12.1 Å². The molecule has 1 aromatic rings. The van der Waals surface area contributed by atoms with E-state index >= 15 is 0 Å². The molecule has 1 aromatic heterocycles. The summed E-state index contributed by atoms with van der Waals surface area (Å²) in [6.07, 6.45) is 0. The molecule has 0 saturated heterocycles. The largest absolute Gasteiger partial charge is 0.477 e. The molecule has 0 fully saturated rings. The van der Waals surface area contributed by atoms with Crippen LogP contribution in [0.1, 0.15) is 21.0 Å². The number of carbonyl (C=O) groups is 2. The van der Waals surface area contributed by atoms with Gasteiger partial charge >= 0.3 is 11.9 Å². The zero-order valence-electron chi connectivity index (χ0n) is 7.39. The standard InChI is InChI=1S/C7H5NO4.Li.H2O/c9-6(10)4-2-1-3-5(8-4)7(11)12;;/h1-3H,(H,9,10)(H,11,12);;1H2. The molecule has 4 N–H and O–H groups in total. The fraction of sp³-hybridized carbons (Fsp3) is 0. The van der Waals surface area contributed by atoms with E-state index in [9.17, 15) is 9.59 Å². The maximum Gasteiger partial charge on any atom is 0.354 e. The molecule has 71 valence electrons. The van der Waals surface area contributed by atoms with Crippen LogP contribution in [0.4, 0.5) is 0 Å². The summed E-state index contributed by atoms with van der Waals surface area (Å²) in [5.41, 5.74) is -0.537. The Kier molecular flexibility index (Phi) is 6.65. The zero-order valence-corrected chi connectivity index (χ0v) is 7.39. The van der Waals surface area contributed by atoms with Gasteiger partial charge in [0, 0.05) is 18.9 Å². The van der Waals surface area contributed by atoms with E-state index in [1.54, 1.807) is 0 Å². The summed E-state index contributed by atoms with van der Waals surface area (Å²) < 4.78 is 0. The number of hydrogen-bond donors (Lipinski definition) is 2. The summed E-state index contributed by atoms with van der Waals surface area (Å²) >= 11 is 0. The third kappa shape index (κ3) is 3.58. The van der Waals surface area contributed by atoms with E-state index in [0.717, 1.165) is 0 Å². The topological polar surface area (TPSA) is 119 Å². The van der Waals surface area contributed by atoms with E-state index in [4.69, 9.17) is 10.2 Å². The molecule has 14 heavy (non-hydrogen) atoms. The molecule has 0 aliphatic rings. The second-order valence-corrected chi connectivity index (χ2v) is 2.02. The number of aromatic nitrogens is 1. The number of aromatic carboxylic acids is 2. The molecule has 6 nitrogen and oxygen atoms in total. The molecule has 0 aliphatic heterocycles. The monoisotopic (exact) mass is 192 g/mol. The van der Waals surface area contributed by atoms with Gasteiger partial charge in [0.15, 0.2) is 0 Å². The molecule has 0 aromatic carbocycles. The van der Waals surface area contributed by atoms with Crippen molar-refractivity contribution in [1.29, 1.82) is 0 Å². The minimum atomic E-state index is -1.24. The number of rotatable bonds is 2. The van der Waals surface area contributed by atoms with Crippen molar-refractivity contribution in [2.24, 2.45) is 0 Å². The van der Waals surface area contributed by atoms with Crippen molar-refractivity contribution in [3.63, 3.8) is 0 Å². The second kappa shape index (κ2) is 6.15. The van der Waals surface area contributed by atoms with Crippen LogP contribution in [-0.2, 0) is 0 Å². The van der Waals surface area contributed by atoms with Crippen molar-refractivity contribution in [3.05, 3.63) is 29.6 Å². The minimum absolute atomic E-state index is 0. The van der Waals surface area contributed by atoms with Crippen LogP contribution in [0.3, 0.4) is 0 Å². The maximum absolute atomic E-state index is 10.3. The van der Waals surface area contributed by atoms with E-state index in [0.29, 0.717) is 0 Å². The van der Waals surface area contributed by atoms with E-state index in [1.165, 1.54) is 18.2 Å². The Morgan fingerprint density at radius 2 is 1.43 bits per heavy atom. The Balaban J connectivity index is 0. The average Bonchev–Trinajstić information content (AvgIpc) is 2.04. The van der Waals surface area contributed by atoms with Crippen LogP contribution in [0.2, 0.25) is 0 Å². The van der Waals surface area contributed by atoms with Crippen LogP contribution in [0.5, 0.6) is 0 Å². The second-order valence-electron chi connectivity index (χ2n) is 2.02. The molecule has 1 radical (unpaired) electrons. The molecule has 0 atom stereocenters. The number of carboxylic acid groups (broad SMARTS) is 2. The normalized spacial score (nSPS) is 8.00. The average molecular weight is 192 g/mol. The first-order valence-electron chi connectivity index (χ1n) is 3.05. The predicted octanol–water partition coefficient (Wildman–Crippen LogP) is -0.728. The molecule has 0 spiro atoms. The van der Waals surface area contributed by atoms with Crippen LogP contribution in [0.25, 0.3) is 0 Å². The van der Waals surface area contributed by atoms with Crippen LogP contribution in [-0.4, -0.2) is 51.5 Å². The van der Waals surface area contributed by atoms with Crippen molar-refractivity contribution in [1.82, 2.24) is 4.98 Å². The van der Waals surface area contributed by atoms with E-state index in [1.807, 2.05) is 0 Å². The maximum atomic E-state index is 10.3. The Bertz CT molecular complexity index is 311. The van der Waals surface area contributed by atoms with Gasteiger partial charge in [0.2, 0.25) is 0 Å². The van der Waals surface area contributed by atoms with Gasteiger partial charge in [-0.3, -0.25) is 0 Å². The minimum Gasteiger partial charge on any atom is -0.477 e. The third-order valence-corrected chi connectivity index (χ3v) is 1.19. The fourth-order valence-electron chi connectivity index (χ4n) is 0.673. The van der Waals surface area contributed by atoms with Gasteiger partial charge in [0.1, 0.15) is 11.4 Å². The molecular weight excluding hydrogens is 185 g/mol. The molecule has 1 rings (SSSR count). The number of hydrogen-bond acceptors (Lipinski definition) is 3. The van der Waals surface area contributed by atoms with Crippen LogP contribution in [0, 0.1) is 0 Å². The Morgan fingerprint density at radius 3 is 1.71 bits per heavy atom. The first-order valence-corrected chi connectivity index (χ1v) is 3.05. The van der Waals surface area contributed by atoms with Crippen molar-refractivity contribution < 1.29 is 25.3 Å². The molecule has 0 aliphatic carbocycles. The molecular formula is C7H7LiNO5. The van der Waals surface area contributed by atoms with Crippen LogP contribution >= 0.6 is 0 Å². The zero-order chi connectivity index (χ0) is 9.14. The van der Waals surface area contributed by atoms with E-state index < -0.39 is 11.9 Å². The molecule has 1 heterocycles. The van der Waals surface area contributed by atoms with Crippen molar-refractivity contribution in [3.8, 4) is 0 Å². The fourth-order valence-corrected chi connectivity index (χ4v) is 0.673. The number of pyridine rings is 1. The first-order chi connectivity index (χ1) is 5.61. The van der Waals surface area contributed by atoms with Crippen molar-refractivity contribution >= 4 is 30.8 Å². The Labute approximate surface area is 91.1 Å². The first kappa shape index (κ1) is 15.1. The number of nitrogens with zero attached hydrogens (tertiary/aromatic N) is 1. The summed E-state index contributed by atoms with van der Waals surface area (Å²) in [5, 5.41) is 16.9. The summed E-state index contributed by atoms with van der Waals surface area (Å²) in [4.78, 5) is 24.0. The van der Waals surface area contributed by atoms with E-state index in [2.05, 4.69) is 4.98 Å². The van der Waals surface area contributed by atoms with Crippen LogP contribution in [0.15, 0.2) is 18.2 Å². The molecule has 0 bridgehead atoms. The summed E-state index contributed by atoms with van der Waals surface area (Å²) in [6.45, 7) is 0. The molecule has 0 amide bonds. The third-order valence-electron chi connectivity index (χ3n) is 1.19. The van der Waals surface area contributed by atoms with Gasteiger partial charge in [-0.25, -0.2) is 14.6 Å². The van der Waals surface area contributed by atoms with Gasteiger partial charge in [-0.1, -0.05) is 6.07 Å². The molecule has 0 unspecified atom stereocenters. The summed E-state index contributed by atoms with van der Waals surface area (Å²) in [6, 6.07) is 3.80. The SMILES string of the molecule is O.O=C(O)c1cccc(C(=O)O)n1.[Li]. The molecule has 0 saturated carbocycles. The predicted molar refractivity (Wildman–Crippen MR) is 47.5 cm³/mol. The van der Waals surface area contributed by atoms with Gasteiger partial charge in [0.25, 0.3) is 0 Å². The summed E-state index contributed by atoms with van der Waals surface area (Å²) in [7, 11) is 0. The Hall–Kier alpha value is -1.35. The molecule has 7 heteroatoms. The van der Waals surface area contributed by atoms with Gasteiger partial charge in [-0.15, -0.1) is 0 Å². The van der Waals surface area contributed by atoms with Crippen molar-refractivity contribution in [2.75, 3.05) is 0 Å². The smallest absolute Gasteiger partial charge is 0.354 e. The van der Waals surface area contributed by atoms with Crippen molar-refractivity contribution in [2.45, 2.75) is 0 Å². The Morgan fingerprint density at radius 1 is 1.07 bits per heavy atom. The van der Waals surface area contributed by atoms with Gasteiger partial charge < -0.3 is 15.7 Å². The number of carboxylic acids is 2. The van der Waals surface area contributed by atoms with Crippen LogP contribution < -0.4 is 0 Å². The quantitative estimate of drug-likeness (QED) is 0.598.